The highest BCUT2D eigenvalue weighted by Crippen LogP contribution is 2.18. The molecule has 0 unspecified atom stereocenters. The molecule has 0 saturated heterocycles. The molecule has 1 heterocycles. The number of nitrogens with one attached hydrogen (secondary N) is 2. The van der Waals surface area contributed by atoms with Crippen molar-refractivity contribution < 1.29 is 8.81 Å². The van der Waals surface area contributed by atoms with Crippen molar-refractivity contribution in [3.05, 3.63) is 58.8 Å². The molecule has 0 amide bonds. The second kappa shape index (κ2) is 7.69. The smallest absolute Gasteiger partial charge is 0.191 e. The summed E-state index contributed by atoms with van der Waals surface area (Å²) in [6.07, 6.45) is 2.10. The van der Waals surface area contributed by atoms with Gasteiger partial charge in [0, 0.05) is 24.2 Å². The number of hydrogen-bond acceptors (Lipinski definition) is 2. The van der Waals surface area contributed by atoms with Crippen LogP contribution in [0.2, 0.25) is 5.02 Å². The molecule has 0 aliphatic carbocycles. The fourth-order valence-electron chi connectivity index (χ4n) is 1.88. The Morgan fingerprint density at radius 1 is 1.29 bits per heavy atom. The van der Waals surface area contributed by atoms with Crippen molar-refractivity contribution in [2.24, 2.45) is 4.99 Å². The average molecular weight is 310 g/mol. The molecule has 1 aromatic heterocycles. The van der Waals surface area contributed by atoms with Gasteiger partial charge in [-0.3, -0.25) is 4.99 Å². The molecule has 2 aromatic rings. The molecule has 0 saturated carbocycles. The molecule has 1 aromatic carbocycles. The van der Waals surface area contributed by atoms with Crippen molar-refractivity contribution in [1.82, 2.24) is 10.6 Å². The summed E-state index contributed by atoms with van der Waals surface area (Å²) >= 11 is 5.98. The minimum Gasteiger partial charge on any atom is -0.467 e. The summed E-state index contributed by atoms with van der Waals surface area (Å²) in [6.45, 7) is 1.06. The van der Waals surface area contributed by atoms with Gasteiger partial charge in [0.15, 0.2) is 5.96 Å². The van der Waals surface area contributed by atoms with Crippen LogP contribution in [0, 0.1) is 5.82 Å². The first-order chi connectivity index (χ1) is 10.2. The van der Waals surface area contributed by atoms with Crippen molar-refractivity contribution in [3.63, 3.8) is 0 Å². The second-order valence-electron chi connectivity index (χ2n) is 4.38. The first kappa shape index (κ1) is 15.4. The monoisotopic (exact) mass is 309 g/mol. The van der Waals surface area contributed by atoms with Gasteiger partial charge < -0.3 is 15.1 Å². The number of guanidine groups is 1. The predicted molar refractivity (Wildman–Crippen MR) is 82.0 cm³/mol. The van der Waals surface area contributed by atoms with Crippen LogP contribution in [-0.2, 0) is 13.0 Å². The van der Waals surface area contributed by atoms with E-state index in [1.54, 1.807) is 25.4 Å². The van der Waals surface area contributed by atoms with Gasteiger partial charge in [-0.1, -0.05) is 17.7 Å². The molecule has 0 radical (unpaired) electrons. The van der Waals surface area contributed by atoms with E-state index in [4.69, 9.17) is 16.0 Å². The summed E-state index contributed by atoms with van der Waals surface area (Å²) in [7, 11) is 1.67. The van der Waals surface area contributed by atoms with Crippen molar-refractivity contribution in [2.45, 2.75) is 13.0 Å². The van der Waals surface area contributed by atoms with Gasteiger partial charge >= 0.3 is 0 Å². The van der Waals surface area contributed by atoms with Crippen LogP contribution in [0.15, 0.2) is 46.0 Å². The Kier molecular flexibility index (Phi) is 5.63. The van der Waals surface area contributed by atoms with E-state index in [0.29, 0.717) is 36.1 Å². The van der Waals surface area contributed by atoms with E-state index in [-0.39, 0.29) is 5.82 Å². The van der Waals surface area contributed by atoms with Crippen LogP contribution < -0.4 is 10.6 Å². The standard InChI is InChI=1S/C15H17ClFN3O/c1-18-15(20-10-11-4-3-9-21-11)19-8-7-12-13(16)5-2-6-14(12)17/h2-6,9H,7-8,10H2,1H3,(H2,18,19,20). The third-order valence-electron chi connectivity index (χ3n) is 2.96. The average Bonchev–Trinajstić information content (AvgIpc) is 2.98. The Hall–Kier alpha value is -2.01. The lowest BCUT2D eigenvalue weighted by Gasteiger charge is -2.11. The van der Waals surface area contributed by atoms with Gasteiger partial charge in [-0.05, 0) is 30.7 Å². The fraction of sp³-hybridized carbons (Fsp3) is 0.267. The first-order valence-electron chi connectivity index (χ1n) is 6.60. The van der Waals surface area contributed by atoms with Gasteiger partial charge in [0.25, 0.3) is 0 Å². The molecule has 4 nitrogen and oxygen atoms in total. The summed E-state index contributed by atoms with van der Waals surface area (Å²) in [5.41, 5.74) is 0.508. The Morgan fingerprint density at radius 3 is 2.81 bits per heavy atom. The number of hydrogen-bond donors (Lipinski definition) is 2. The fourth-order valence-corrected chi connectivity index (χ4v) is 2.14. The van der Waals surface area contributed by atoms with E-state index in [1.165, 1.54) is 6.07 Å². The Bertz CT molecular complexity index is 579. The molecule has 2 rings (SSSR count). The van der Waals surface area contributed by atoms with Gasteiger partial charge in [-0.25, -0.2) is 4.39 Å². The highest BCUT2D eigenvalue weighted by atomic mass is 35.5. The van der Waals surface area contributed by atoms with E-state index >= 15 is 0 Å². The summed E-state index contributed by atoms with van der Waals surface area (Å²) in [5.74, 6) is 1.15. The molecule has 0 bridgehead atoms. The van der Waals surface area contributed by atoms with E-state index in [0.717, 1.165) is 5.76 Å². The lowest BCUT2D eigenvalue weighted by Crippen LogP contribution is -2.37. The summed E-state index contributed by atoms with van der Waals surface area (Å²) in [4.78, 5) is 4.09. The van der Waals surface area contributed by atoms with E-state index < -0.39 is 0 Å². The van der Waals surface area contributed by atoms with Gasteiger partial charge in [0.05, 0.1) is 12.8 Å². The van der Waals surface area contributed by atoms with Crippen LogP contribution in [-0.4, -0.2) is 19.6 Å². The van der Waals surface area contributed by atoms with Crippen LogP contribution in [0.5, 0.6) is 0 Å². The zero-order chi connectivity index (χ0) is 15.1. The van der Waals surface area contributed by atoms with Crippen LogP contribution in [0.4, 0.5) is 4.39 Å². The van der Waals surface area contributed by atoms with Gasteiger partial charge in [0.1, 0.15) is 11.6 Å². The molecular formula is C15H17ClFN3O. The number of rotatable bonds is 5. The molecule has 21 heavy (non-hydrogen) atoms. The maximum Gasteiger partial charge on any atom is 0.191 e. The highest BCUT2D eigenvalue weighted by Gasteiger charge is 2.07. The molecule has 0 atom stereocenters. The van der Waals surface area contributed by atoms with Gasteiger partial charge in [-0.15, -0.1) is 0 Å². The van der Waals surface area contributed by atoms with E-state index in [1.807, 2.05) is 12.1 Å². The lowest BCUT2D eigenvalue weighted by molar-refractivity contribution is 0.501. The maximum absolute atomic E-state index is 13.6. The summed E-state index contributed by atoms with van der Waals surface area (Å²) in [5, 5.41) is 6.65. The minimum absolute atomic E-state index is 0.289. The number of aliphatic imine (C=N–C) groups is 1. The molecule has 112 valence electrons. The first-order valence-corrected chi connectivity index (χ1v) is 6.98. The van der Waals surface area contributed by atoms with Crippen molar-refractivity contribution in [3.8, 4) is 0 Å². The maximum atomic E-state index is 13.6. The van der Waals surface area contributed by atoms with Crippen LogP contribution in [0.3, 0.4) is 0 Å². The van der Waals surface area contributed by atoms with E-state index in [9.17, 15) is 4.39 Å². The second-order valence-corrected chi connectivity index (χ2v) is 4.79. The SMILES string of the molecule is CN=C(NCCc1c(F)cccc1Cl)NCc1ccco1. The largest absolute Gasteiger partial charge is 0.467 e. The molecule has 2 N–H and O–H groups in total. The summed E-state index contributed by atoms with van der Waals surface area (Å²) in [6, 6.07) is 8.39. The van der Waals surface area contributed by atoms with Crippen LogP contribution >= 0.6 is 11.6 Å². The summed E-state index contributed by atoms with van der Waals surface area (Å²) < 4.78 is 18.8. The molecule has 0 spiro atoms. The Morgan fingerprint density at radius 2 is 2.14 bits per heavy atom. The quantitative estimate of drug-likeness (QED) is 0.659. The minimum atomic E-state index is -0.289. The molecule has 0 aliphatic heterocycles. The van der Waals surface area contributed by atoms with Crippen LogP contribution in [0.25, 0.3) is 0 Å². The number of benzene rings is 1. The van der Waals surface area contributed by atoms with Gasteiger partial charge in [-0.2, -0.15) is 0 Å². The molecule has 0 fully saturated rings. The third kappa shape index (κ3) is 4.49. The number of furan rings is 1. The lowest BCUT2D eigenvalue weighted by atomic mass is 10.1. The molecule has 6 heteroatoms. The molecular weight excluding hydrogens is 293 g/mol. The van der Waals surface area contributed by atoms with Crippen LogP contribution in [0.1, 0.15) is 11.3 Å². The van der Waals surface area contributed by atoms with Crippen molar-refractivity contribution >= 4 is 17.6 Å². The number of halogens is 2. The van der Waals surface area contributed by atoms with E-state index in [2.05, 4.69) is 15.6 Å². The zero-order valence-corrected chi connectivity index (χ0v) is 12.5. The highest BCUT2D eigenvalue weighted by molar-refractivity contribution is 6.31. The molecule has 0 aliphatic rings. The van der Waals surface area contributed by atoms with Gasteiger partial charge in [0.2, 0.25) is 0 Å². The zero-order valence-electron chi connectivity index (χ0n) is 11.7. The van der Waals surface area contributed by atoms with Crippen molar-refractivity contribution in [1.29, 1.82) is 0 Å². The third-order valence-corrected chi connectivity index (χ3v) is 3.32. The topological polar surface area (TPSA) is 49.6 Å². The normalized spacial score (nSPS) is 11.5. The number of nitrogens with zero attached hydrogens (tertiary/aromatic N) is 1. The Labute approximate surface area is 128 Å². The van der Waals surface area contributed by atoms with Crippen molar-refractivity contribution in [2.75, 3.05) is 13.6 Å². The predicted octanol–water partition coefficient (Wildman–Crippen LogP) is 2.98. The Balaban J connectivity index is 1.81.